The van der Waals surface area contributed by atoms with Crippen LogP contribution < -0.4 is 5.19 Å². The molecule has 1 aromatic rings. The molecule has 0 fully saturated rings. The van der Waals surface area contributed by atoms with Gasteiger partial charge in [-0.15, -0.1) is 0 Å². The summed E-state index contributed by atoms with van der Waals surface area (Å²) in [5.74, 6) is -1.65. The van der Waals surface area contributed by atoms with E-state index >= 15 is 0 Å². The summed E-state index contributed by atoms with van der Waals surface area (Å²) in [4.78, 5) is 36.4. The van der Waals surface area contributed by atoms with E-state index in [1.807, 2.05) is 20.8 Å². The maximum atomic E-state index is 12.1. The average molecular weight is 366 g/mol. The molecule has 0 radical (unpaired) electrons. The Bertz CT molecular complexity index is 522. The van der Waals surface area contributed by atoms with Crippen LogP contribution in [0.5, 0.6) is 0 Å². The van der Waals surface area contributed by atoms with Gasteiger partial charge in [-0.3, -0.25) is 14.4 Å². The van der Waals surface area contributed by atoms with E-state index in [0.29, 0.717) is 24.4 Å². The first-order valence-corrected chi connectivity index (χ1v) is 10.4. The monoisotopic (exact) mass is 366 g/mol. The third-order valence-electron chi connectivity index (χ3n) is 3.23. The third-order valence-corrected chi connectivity index (χ3v) is 5.76. The molecule has 0 atom stereocenters. The molecule has 0 saturated carbocycles. The van der Waals surface area contributed by atoms with Crippen LogP contribution in [0.2, 0.25) is 0 Å². The number of hydrogen-bond acceptors (Lipinski definition) is 6. The second-order valence-electron chi connectivity index (χ2n) is 5.59. The number of carbonyl (C=O) groups excluding carboxylic acids is 3. The highest BCUT2D eigenvalue weighted by molar-refractivity contribution is 6.79. The van der Waals surface area contributed by atoms with Gasteiger partial charge in [-0.2, -0.15) is 0 Å². The first-order chi connectivity index (χ1) is 12.0. The van der Waals surface area contributed by atoms with Crippen LogP contribution in [0.4, 0.5) is 0 Å². The number of carbonyl (C=O) groups is 3. The van der Waals surface area contributed by atoms with E-state index in [0.717, 1.165) is 0 Å². The molecule has 25 heavy (non-hydrogen) atoms. The van der Waals surface area contributed by atoms with Crippen LogP contribution in [-0.2, 0) is 27.7 Å². The van der Waals surface area contributed by atoms with Crippen molar-refractivity contribution in [1.82, 2.24) is 0 Å². The maximum absolute atomic E-state index is 12.1. The lowest BCUT2D eigenvalue weighted by Gasteiger charge is -2.27. The van der Waals surface area contributed by atoms with E-state index in [1.54, 1.807) is 30.3 Å². The van der Waals surface area contributed by atoms with Crippen LogP contribution in [0.25, 0.3) is 0 Å². The van der Waals surface area contributed by atoms with Crippen molar-refractivity contribution in [2.24, 2.45) is 0 Å². The van der Waals surface area contributed by atoms with Gasteiger partial charge in [0.25, 0.3) is 17.9 Å². The molecule has 0 amide bonds. The standard InChI is InChI=1S/C18H26O6Si/c1-4-10-16(19)22-25(23-17(20)11-5-2,24-18(21)12-6-3)15-13-8-7-9-14-15/h7-9,13-14H,4-6,10-12H2,1-3H3. The average Bonchev–Trinajstić information content (AvgIpc) is 2.56. The molecule has 0 saturated heterocycles. The van der Waals surface area contributed by atoms with Gasteiger partial charge in [0.15, 0.2) is 0 Å². The van der Waals surface area contributed by atoms with E-state index < -0.39 is 26.7 Å². The predicted octanol–water partition coefficient (Wildman–Crippen LogP) is 2.86. The van der Waals surface area contributed by atoms with Gasteiger partial charge in [-0.05, 0) is 19.3 Å². The molecule has 0 spiro atoms. The van der Waals surface area contributed by atoms with Crippen molar-refractivity contribution in [3.05, 3.63) is 30.3 Å². The number of benzene rings is 1. The fourth-order valence-electron chi connectivity index (χ4n) is 2.10. The van der Waals surface area contributed by atoms with Gasteiger partial charge in [0, 0.05) is 19.3 Å². The molecule has 6 nitrogen and oxygen atoms in total. The minimum atomic E-state index is -4.02. The van der Waals surface area contributed by atoms with Gasteiger partial charge in [-0.1, -0.05) is 51.1 Å². The number of rotatable bonds is 10. The van der Waals surface area contributed by atoms with Gasteiger partial charge in [0.05, 0.1) is 5.19 Å². The molecule has 1 aromatic carbocycles. The molecule has 1 rings (SSSR count). The maximum Gasteiger partial charge on any atom is 0.742 e. The summed E-state index contributed by atoms with van der Waals surface area (Å²) in [6.45, 7) is 5.50. The molecular weight excluding hydrogens is 340 g/mol. The van der Waals surface area contributed by atoms with Crippen molar-refractivity contribution in [3.63, 3.8) is 0 Å². The highest BCUT2D eigenvalue weighted by Crippen LogP contribution is 2.16. The summed E-state index contributed by atoms with van der Waals surface area (Å²) in [7, 11) is -4.02. The zero-order valence-electron chi connectivity index (χ0n) is 15.1. The third kappa shape index (κ3) is 6.70. The molecule has 7 heteroatoms. The molecule has 0 aliphatic carbocycles. The SMILES string of the molecule is CCCC(=O)O[Si](OC(=O)CCC)(OC(=O)CCC)c1ccccc1. The molecular formula is C18H26O6Si. The van der Waals surface area contributed by atoms with E-state index in [2.05, 4.69) is 0 Å². The van der Waals surface area contributed by atoms with E-state index in [4.69, 9.17) is 13.3 Å². The van der Waals surface area contributed by atoms with Crippen molar-refractivity contribution in [1.29, 1.82) is 0 Å². The fraction of sp³-hybridized carbons (Fsp3) is 0.500. The van der Waals surface area contributed by atoms with Crippen molar-refractivity contribution in [2.75, 3.05) is 0 Å². The minimum absolute atomic E-state index is 0.151. The molecule has 0 aliphatic rings. The summed E-state index contributed by atoms with van der Waals surface area (Å²) < 4.78 is 16.5. The van der Waals surface area contributed by atoms with Gasteiger partial charge in [0.2, 0.25) is 0 Å². The topological polar surface area (TPSA) is 78.9 Å². The van der Waals surface area contributed by atoms with Crippen LogP contribution in [0, 0.1) is 0 Å². The fourth-order valence-corrected chi connectivity index (χ4v) is 4.38. The van der Waals surface area contributed by atoms with Gasteiger partial charge >= 0.3 is 8.80 Å². The van der Waals surface area contributed by atoms with E-state index in [9.17, 15) is 14.4 Å². The Morgan fingerprint density at radius 3 is 1.40 bits per heavy atom. The van der Waals surface area contributed by atoms with Gasteiger partial charge < -0.3 is 13.3 Å². The highest BCUT2D eigenvalue weighted by atomic mass is 28.4. The Balaban J connectivity index is 3.26. The van der Waals surface area contributed by atoms with Crippen LogP contribution in [-0.4, -0.2) is 26.7 Å². The molecule has 0 unspecified atom stereocenters. The van der Waals surface area contributed by atoms with Gasteiger partial charge in [-0.25, -0.2) is 0 Å². The Morgan fingerprint density at radius 1 is 0.720 bits per heavy atom. The number of hydrogen-bond donors (Lipinski definition) is 0. The molecule has 0 aromatic heterocycles. The second kappa shape index (κ2) is 10.7. The predicted molar refractivity (Wildman–Crippen MR) is 94.8 cm³/mol. The Kier molecular flexibility index (Phi) is 8.91. The zero-order valence-corrected chi connectivity index (χ0v) is 16.1. The molecule has 0 aliphatic heterocycles. The van der Waals surface area contributed by atoms with Crippen molar-refractivity contribution in [3.8, 4) is 0 Å². The van der Waals surface area contributed by atoms with Crippen molar-refractivity contribution >= 4 is 31.9 Å². The molecule has 138 valence electrons. The molecule has 0 N–H and O–H groups in total. The highest BCUT2D eigenvalue weighted by Gasteiger charge is 2.55. The lowest BCUT2D eigenvalue weighted by atomic mass is 10.3. The van der Waals surface area contributed by atoms with E-state index in [1.165, 1.54) is 0 Å². The van der Waals surface area contributed by atoms with Crippen LogP contribution >= 0.6 is 0 Å². The summed E-state index contributed by atoms with van der Waals surface area (Å²) in [5, 5.41) is 0.411. The van der Waals surface area contributed by atoms with Crippen LogP contribution in [0.3, 0.4) is 0 Å². The Labute approximate surface area is 149 Å². The largest absolute Gasteiger partial charge is 0.742 e. The lowest BCUT2D eigenvalue weighted by Crippen LogP contribution is -2.59. The Morgan fingerprint density at radius 2 is 1.08 bits per heavy atom. The van der Waals surface area contributed by atoms with Crippen molar-refractivity contribution < 1.29 is 27.7 Å². The first kappa shape index (κ1) is 20.9. The first-order valence-electron chi connectivity index (χ1n) is 8.68. The van der Waals surface area contributed by atoms with Crippen LogP contribution in [0.1, 0.15) is 59.3 Å². The van der Waals surface area contributed by atoms with Crippen molar-refractivity contribution in [2.45, 2.75) is 59.3 Å². The van der Waals surface area contributed by atoms with Crippen LogP contribution in [0.15, 0.2) is 30.3 Å². The summed E-state index contributed by atoms with van der Waals surface area (Å²) >= 11 is 0. The zero-order chi connectivity index (χ0) is 18.7. The van der Waals surface area contributed by atoms with E-state index in [-0.39, 0.29) is 19.3 Å². The smallest absolute Gasteiger partial charge is 0.452 e. The normalized spacial score (nSPS) is 10.8. The molecule has 0 bridgehead atoms. The minimum Gasteiger partial charge on any atom is -0.452 e. The quantitative estimate of drug-likeness (QED) is 0.593. The summed E-state index contributed by atoms with van der Waals surface area (Å²) in [6.07, 6.45) is 2.17. The second-order valence-corrected chi connectivity index (χ2v) is 7.90. The lowest BCUT2D eigenvalue weighted by molar-refractivity contribution is -0.149. The molecule has 0 heterocycles. The summed E-state index contributed by atoms with van der Waals surface area (Å²) in [5.41, 5.74) is 0. The summed E-state index contributed by atoms with van der Waals surface area (Å²) in [6, 6.07) is 8.49. The Hall–Kier alpha value is -2.15. The van der Waals surface area contributed by atoms with Gasteiger partial charge in [0.1, 0.15) is 0 Å².